The number of carbonyl (C=O) groups is 1. The number of nitrogens with zero attached hydrogens (tertiary/aromatic N) is 1. The van der Waals surface area contributed by atoms with Gasteiger partial charge in [-0.2, -0.15) is 0 Å². The third-order valence-electron chi connectivity index (χ3n) is 3.20. The topological polar surface area (TPSA) is 34.0 Å². The molecule has 1 N–H and O–H groups in total. The van der Waals surface area contributed by atoms with E-state index in [-0.39, 0.29) is 10.9 Å². The monoisotopic (exact) mass is 280 g/mol. The summed E-state index contributed by atoms with van der Waals surface area (Å²) in [6, 6.07) is 5.90. The second-order valence-electron chi connectivity index (χ2n) is 4.43. The van der Waals surface area contributed by atoms with Gasteiger partial charge in [0.2, 0.25) is 0 Å². The van der Waals surface area contributed by atoms with E-state index >= 15 is 0 Å². The van der Waals surface area contributed by atoms with Gasteiger partial charge >= 0.3 is 0 Å². The fourth-order valence-corrected chi connectivity index (χ4v) is 2.04. The largest absolute Gasteiger partial charge is 0.351 e. The van der Waals surface area contributed by atoms with Gasteiger partial charge in [0, 0.05) is 24.1 Å². The van der Waals surface area contributed by atoms with Crippen LogP contribution in [0.5, 0.6) is 0 Å². The molecule has 0 spiro atoms. The van der Waals surface area contributed by atoms with Crippen molar-refractivity contribution >= 4 is 23.2 Å². The number of amides is 1. The first-order chi connectivity index (χ1) is 8.90. The van der Waals surface area contributed by atoms with Crippen LogP contribution in [-0.4, -0.2) is 10.5 Å². The fraction of sp³-hybridized carbons (Fsp3) is 0.214. The molecule has 2 aromatic rings. The van der Waals surface area contributed by atoms with Crippen LogP contribution in [0.3, 0.4) is 0 Å². The molecule has 5 heteroatoms. The Morgan fingerprint density at radius 3 is 2.53 bits per heavy atom. The number of hydrogen-bond acceptors (Lipinski definition) is 1. The summed E-state index contributed by atoms with van der Waals surface area (Å²) in [5, 5.41) is 2.69. The Morgan fingerprint density at radius 1 is 1.32 bits per heavy atom. The van der Waals surface area contributed by atoms with E-state index in [9.17, 15) is 9.18 Å². The number of hydrogen-bond donors (Lipinski definition) is 1. The number of carbonyl (C=O) groups excluding carboxylic acids is 1. The van der Waals surface area contributed by atoms with Gasteiger partial charge in [-0.1, -0.05) is 11.6 Å². The number of aromatic nitrogens is 1. The second kappa shape index (κ2) is 5.05. The number of anilines is 1. The van der Waals surface area contributed by atoms with Crippen molar-refractivity contribution in [2.45, 2.75) is 13.8 Å². The first-order valence-corrected chi connectivity index (χ1v) is 6.17. The summed E-state index contributed by atoms with van der Waals surface area (Å²) in [5.74, 6) is -0.740. The Labute approximate surface area is 116 Å². The van der Waals surface area contributed by atoms with Crippen LogP contribution in [0.2, 0.25) is 5.02 Å². The van der Waals surface area contributed by atoms with Crippen LogP contribution in [0, 0.1) is 19.7 Å². The van der Waals surface area contributed by atoms with E-state index in [1.54, 1.807) is 0 Å². The number of rotatable bonds is 2. The lowest BCUT2D eigenvalue weighted by molar-refractivity contribution is 0.102. The van der Waals surface area contributed by atoms with E-state index in [1.807, 2.05) is 31.5 Å². The average molecular weight is 281 g/mol. The van der Waals surface area contributed by atoms with Crippen molar-refractivity contribution in [2.24, 2.45) is 7.05 Å². The molecule has 0 unspecified atom stereocenters. The van der Waals surface area contributed by atoms with Crippen molar-refractivity contribution < 1.29 is 9.18 Å². The Bertz CT molecular complexity index is 649. The molecule has 0 aliphatic heterocycles. The van der Waals surface area contributed by atoms with Crippen LogP contribution in [0.15, 0.2) is 24.3 Å². The highest BCUT2D eigenvalue weighted by Crippen LogP contribution is 2.21. The summed E-state index contributed by atoms with van der Waals surface area (Å²) in [4.78, 5) is 12.1. The molecular formula is C14H14ClFN2O. The van der Waals surface area contributed by atoms with Crippen molar-refractivity contribution in [1.29, 1.82) is 0 Å². The standard InChI is InChI=1S/C14H14ClFN2O/c1-8-6-11(9(2)18(8)3)14(19)17-10-4-5-13(16)12(15)7-10/h4-7H,1-3H3,(H,17,19). The molecule has 0 saturated heterocycles. The van der Waals surface area contributed by atoms with E-state index in [2.05, 4.69) is 5.32 Å². The zero-order chi connectivity index (χ0) is 14.2. The van der Waals surface area contributed by atoms with Crippen LogP contribution < -0.4 is 5.32 Å². The first kappa shape index (κ1) is 13.6. The highest BCUT2D eigenvalue weighted by molar-refractivity contribution is 6.31. The van der Waals surface area contributed by atoms with Crippen molar-refractivity contribution in [3.63, 3.8) is 0 Å². The molecule has 0 radical (unpaired) electrons. The summed E-state index contributed by atoms with van der Waals surface area (Å²) >= 11 is 5.67. The molecule has 0 aliphatic carbocycles. The maximum atomic E-state index is 13.0. The average Bonchev–Trinajstić information content (AvgIpc) is 2.62. The molecular weight excluding hydrogens is 267 g/mol. The first-order valence-electron chi connectivity index (χ1n) is 5.79. The summed E-state index contributed by atoms with van der Waals surface area (Å²) in [7, 11) is 1.90. The molecule has 3 nitrogen and oxygen atoms in total. The van der Waals surface area contributed by atoms with Crippen molar-refractivity contribution in [1.82, 2.24) is 4.57 Å². The van der Waals surface area contributed by atoms with Gasteiger partial charge in [0.15, 0.2) is 0 Å². The Kier molecular flexibility index (Phi) is 3.62. The molecule has 1 amide bonds. The van der Waals surface area contributed by atoms with Crippen LogP contribution in [-0.2, 0) is 7.05 Å². The van der Waals surface area contributed by atoms with E-state index in [0.717, 1.165) is 11.4 Å². The van der Waals surface area contributed by atoms with Crippen molar-refractivity contribution in [2.75, 3.05) is 5.32 Å². The highest BCUT2D eigenvalue weighted by Gasteiger charge is 2.14. The Morgan fingerprint density at radius 2 is 2.00 bits per heavy atom. The normalized spacial score (nSPS) is 10.6. The number of nitrogens with one attached hydrogen (secondary N) is 1. The van der Waals surface area contributed by atoms with Gasteiger partial charge in [0.1, 0.15) is 5.82 Å². The third-order valence-corrected chi connectivity index (χ3v) is 3.49. The molecule has 0 bridgehead atoms. The van der Waals surface area contributed by atoms with Gasteiger partial charge in [0.25, 0.3) is 5.91 Å². The van der Waals surface area contributed by atoms with E-state index in [4.69, 9.17) is 11.6 Å². The molecule has 1 heterocycles. The molecule has 2 rings (SSSR count). The molecule has 0 atom stereocenters. The van der Waals surface area contributed by atoms with E-state index < -0.39 is 5.82 Å². The predicted molar refractivity (Wildman–Crippen MR) is 74.3 cm³/mol. The molecule has 0 aliphatic rings. The highest BCUT2D eigenvalue weighted by atomic mass is 35.5. The third kappa shape index (κ3) is 2.63. The molecule has 19 heavy (non-hydrogen) atoms. The summed E-state index contributed by atoms with van der Waals surface area (Å²) in [6.45, 7) is 3.80. The Hall–Kier alpha value is -1.81. The minimum atomic E-state index is -0.508. The van der Waals surface area contributed by atoms with Gasteiger partial charge < -0.3 is 9.88 Å². The zero-order valence-electron chi connectivity index (χ0n) is 10.9. The lowest BCUT2D eigenvalue weighted by Gasteiger charge is -2.06. The summed E-state index contributed by atoms with van der Waals surface area (Å²) < 4.78 is 15.0. The Balaban J connectivity index is 2.25. The molecule has 0 fully saturated rings. The predicted octanol–water partition coefficient (Wildman–Crippen LogP) is 3.69. The minimum Gasteiger partial charge on any atom is -0.351 e. The van der Waals surface area contributed by atoms with E-state index in [1.165, 1.54) is 18.2 Å². The smallest absolute Gasteiger partial charge is 0.257 e. The maximum Gasteiger partial charge on any atom is 0.257 e. The van der Waals surface area contributed by atoms with Gasteiger partial charge in [-0.3, -0.25) is 4.79 Å². The van der Waals surface area contributed by atoms with Gasteiger partial charge in [0.05, 0.1) is 10.6 Å². The van der Waals surface area contributed by atoms with Crippen LogP contribution in [0.4, 0.5) is 10.1 Å². The van der Waals surface area contributed by atoms with Crippen LogP contribution in [0.25, 0.3) is 0 Å². The second-order valence-corrected chi connectivity index (χ2v) is 4.83. The van der Waals surface area contributed by atoms with E-state index in [0.29, 0.717) is 11.3 Å². The van der Waals surface area contributed by atoms with Crippen LogP contribution in [0.1, 0.15) is 21.7 Å². The number of halogens is 2. The summed E-state index contributed by atoms with van der Waals surface area (Å²) in [6.07, 6.45) is 0. The van der Waals surface area contributed by atoms with Gasteiger partial charge in [-0.25, -0.2) is 4.39 Å². The molecule has 100 valence electrons. The summed E-state index contributed by atoms with van der Waals surface area (Å²) in [5.41, 5.74) is 2.95. The fourth-order valence-electron chi connectivity index (χ4n) is 1.86. The lowest BCUT2D eigenvalue weighted by Crippen LogP contribution is -2.13. The SMILES string of the molecule is Cc1cc(C(=O)Nc2ccc(F)c(Cl)c2)c(C)n1C. The zero-order valence-corrected chi connectivity index (χ0v) is 11.7. The van der Waals surface area contributed by atoms with Gasteiger partial charge in [-0.15, -0.1) is 0 Å². The number of aryl methyl sites for hydroxylation is 1. The number of benzene rings is 1. The van der Waals surface area contributed by atoms with Crippen molar-refractivity contribution in [3.05, 3.63) is 52.1 Å². The quantitative estimate of drug-likeness (QED) is 0.894. The van der Waals surface area contributed by atoms with Gasteiger partial charge in [-0.05, 0) is 38.1 Å². The maximum absolute atomic E-state index is 13.0. The minimum absolute atomic E-state index is 0.0150. The van der Waals surface area contributed by atoms with Crippen LogP contribution >= 0.6 is 11.6 Å². The molecule has 1 aromatic carbocycles. The van der Waals surface area contributed by atoms with Crippen molar-refractivity contribution in [3.8, 4) is 0 Å². The molecule has 1 aromatic heterocycles. The molecule has 0 saturated carbocycles. The lowest BCUT2D eigenvalue weighted by atomic mass is 10.2.